The zero-order valence-corrected chi connectivity index (χ0v) is 9.66. The molecular formula is C11H7ClFNO4. The van der Waals surface area contributed by atoms with Crippen LogP contribution >= 0.6 is 11.6 Å². The molecule has 0 aliphatic carbocycles. The van der Waals surface area contributed by atoms with Crippen molar-refractivity contribution >= 4 is 23.5 Å². The summed E-state index contributed by atoms with van der Waals surface area (Å²) in [6, 6.07) is 1.85. The van der Waals surface area contributed by atoms with E-state index in [-0.39, 0.29) is 17.4 Å². The van der Waals surface area contributed by atoms with E-state index in [0.29, 0.717) is 0 Å². The molecule has 18 heavy (non-hydrogen) atoms. The van der Waals surface area contributed by atoms with Crippen molar-refractivity contribution < 1.29 is 23.5 Å². The summed E-state index contributed by atoms with van der Waals surface area (Å²) < 4.78 is 22.8. The van der Waals surface area contributed by atoms with E-state index in [2.05, 4.69) is 16.4 Å². The van der Waals surface area contributed by atoms with Gasteiger partial charge in [0.25, 0.3) is 0 Å². The van der Waals surface area contributed by atoms with E-state index in [4.69, 9.17) is 22.8 Å². The van der Waals surface area contributed by atoms with Crippen molar-refractivity contribution in [2.75, 3.05) is 6.61 Å². The third-order valence-electron chi connectivity index (χ3n) is 1.70. The van der Waals surface area contributed by atoms with Gasteiger partial charge < -0.3 is 15.2 Å². The summed E-state index contributed by atoms with van der Waals surface area (Å²) in [4.78, 5) is 21.4. The molecule has 0 aromatic heterocycles. The molecule has 0 spiro atoms. The Labute approximate surface area is 107 Å². The van der Waals surface area contributed by atoms with Crippen molar-refractivity contribution in [3.8, 4) is 23.8 Å². The predicted molar refractivity (Wildman–Crippen MR) is 60.6 cm³/mol. The summed E-state index contributed by atoms with van der Waals surface area (Å²) in [5.41, 5.74) is 4.66. The largest absolute Gasteiger partial charge is 0.479 e. The SMILES string of the molecule is C#CCOc1cc(OC(=O)C(N)=O)c(F)cc1Cl. The maximum absolute atomic E-state index is 13.4. The lowest BCUT2D eigenvalue weighted by molar-refractivity contribution is -0.146. The lowest BCUT2D eigenvalue weighted by Crippen LogP contribution is -2.28. The van der Waals surface area contributed by atoms with Crippen LogP contribution in [0.1, 0.15) is 0 Å². The number of carbonyl (C=O) groups is 2. The molecule has 1 aromatic carbocycles. The van der Waals surface area contributed by atoms with Gasteiger partial charge in [-0.2, -0.15) is 0 Å². The minimum absolute atomic E-state index is 0.0169. The Balaban J connectivity index is 3.01. The van der Waals surface area contributed by atoms with Crippen molar-refractivity contribution in [1.82, 2.24) is 0 Å². The van der Waals surface area contributed by atoms with Crippen LogP contribution in [0.4, 0.5) is 4.39 Å². The average molecular weight is 272 g/mol. The first kappa shape index (κ1) is 13.8. The Bertz CT molecular complexity index is 539. The minimum atomic E-state index is -1.40. The van der Waals surface area contributed by atoms with E-state index in [9.17, 15) is 14.0 Å². The number of nitrogens with two attached hydrogens (primary N) is 1. The fourth-order valence-electron chi connectivity index (χ4n) is 0.969. The second-order valence-electron chi connectivity index (χ2n) is 2.96. The van der Waals surface area contributed by atoms with Gasteiger partial charge >= 0.3 is 11.9 Å². The smallest absolute Gasteiger partial charge is 0.402 e. The summed E-state index contributed by atoms with van der Waals surface area (Å²) in [6.45, 7) is -0.103. The van der Waals surface area contributed by atoms with Crippen LogP contribution in [-0.2, 0) is 9.59 Å². The van der Waals surface area contributed by atoms with Gasteiger partial charge in [-0.3, -0.25) is 4.79 Å². The third kappa shape index (κ3) is 3.37. The zero-order chi connectivity index (χ0) is 13.7. The van der Waals surface area contributed by atoms with E-state index >= 15 is 0 Å². The fraction of sp³-hybridized carbons (Fsp3) is 0.0909. The van der Waals surface area contributed by atoms with Crippen molar-refractivity contribution in [2.24, 2.45) is 5.73 Å². The molecule has 94 valence electrons. The highest BCUT2D eigenvalue weighted by atomic mass is 35.5. The van der Waals surface area contributed by atoms with E-state index in [1.165, 1.54) is 0 Å². The highest BCUT2D eigenvalue weighted by molar-refractivity contribution is 6.33. The van der Waals surface area contributed by atoms with Gasteiger partial charge in [-0.15, -0.1) is 6.42 Å². The van der Waals surface area contributed by atoms with Gasteiger partial charge in [0, 0.05) is 12.1 Å². The number of halogens is 2. The lowest BCUT2D eigenvalue weighted by atomic mass is 10.3. The molecule has 1 aromatic rings. The first-order valence-electron chi connectivity index (χ1n) is 4.52. The molecule has 0 bridgehead atoms. The maximum Gasteiger partial charge on any atom is 0.402 e. The summed E-state index contributed by atoms with van der Waals surface area (Å²) in [7, 11) is 0. The monoisotopic (exact) mass is 271 g/mol. The molecule has 0 aliphatic heterocycles. The molecule has 7 heteroatoms. The fourth-order valence-corrected chi connectivity index (χ4v) is 1.17. The number of ether oxygens (including phenoxy) is 2. The van der Waals surface area contributed by atoms with Gasteiger partial charge in [-0.05, 0) is 0 Å². The normalized spacial score (nSPS) is 9.39. The quantitative estimate of drug-likeness (QED) is 0.383. The van der Waals surface area contributed by atoms with Crippen LogP contribution in [0.25, 0.3) is 0 Å². The van der Waals surface area contributed by atoms with E-state index < -0.39 is 23.4 Å². The van der Waals surface area contributed by atoms with Gasteiger partial charge in [-0.25, -0.2) is 9.18 Å². The van der Waals surface area contributed by atoms with Crippen LogP contribution in [0.2, 0.25) is 5.02 Å². The second-order valence-corrected chi connectivity index (χ2v) is 3.37. The summed E-state index contributed by atoms with van der Waals surface area (Å²) in [5.74, 6) is -2.03. The van der Waals surface area contributed by atoms with Crippen LogP contribution in [0, 0.1) is 18.2 Å². The average Bonchev–Trinajstić information content (AvgIpc) is 2.30. The first-order chi connectivity index (χ1) is 8.45. The molecule has 0 radical (unpaired) electrons. The van der Waals surface area contributed by atoms with E-state index in [1.54, 1.807) is 0 Å². The molecule has 5 nitrogen and oxygen atoms in total. The van der Waals surface area contributed by atoms with E-state index in [0.717, 1.165) is 12.1 Å². The number of esters is 1. The molecule has 1 rings (SSSR count). The van der Waals surface area contributed by atoms with Gasteiger partial charge in [-0.1, -0.05) is 17.5 Å². The number of benzene rings is 1. The van der Waals surface area contributed by atoms with Crippen LogP contribution in [0.5, 0.6) is 11.5 Å². The molecule has 1 amide bonds. The Hall–Kier alpha value is -2.26. The summed E-state index contributed by atoms with van der Waals surface area (Å²) >= 11 is 5.67. The molecule has 2 N–H and O–H groups in total. The number of primary amides is 1. The van der Waals surface area contributed by atoms with Crippen LogP contribution in [-0.4, -0.2) is 18.5 Å². The summed E-state index contributed by atoms with van der Waals surface area (Å²) in [6.07, 6.45) is 4.98. The number of rotatable bonds is 3. The Morgan fingerprint density at radius 2 is 2.11 bits per heavy atom. The number of terminal acetylenes is 1. The molecular weight excluding hydrogens is 265 g/mol. The van der Waals surface area contributed by atoms with Crippen molar-refractivity contribution in [2.45, 2.75) is 0 Å². The Kier molecular flexibility index (Phi) is 4.52. The molecule has 0 atom stereocenters. The Morgan fingerprint density at radius 1 is 1.44 bits per heavy atom. The van der Waals surface area contributed by atoms with Crippen molar-refractivity contribution in [1.29, 1.82) is 0 Å². The van der Waals surface area contributed by atoms with Crippen LogP contribution in [0.15, 0.2) is 12.1 Å². The Morgan fingerprint density at radius 3 is 2.67 bits per heavy atom. The van der Waals surface area contributed by atoms with Gasteiger partial charge in [0.2, 0.25) is 0 Å². The number of hydrogen-bond donors (Lipinski definition) is 1. The second kappa shape index (κ2) is 5.89. The van der Waals surface area contributed by atoms with Gasteiger partial charge in [0.15, 0.2) is 11.6 Å². The molecule has 0 saturated carbocycles. The molecule has 0 saturated heterocycles. The van der Waals surface area contributed by atoms with Gasteiger partial charge in [0.05, 0.1) is 5.02 Å². The highest BCUT2D eigenvalue weighted by Gasteiger charge is 2.17. The van der Waals surface area contributed by atoms with E-state index in [1.807, 2.05) is 0 Å². The number of carbonyl (C=O) groups excluding carboxylic acids is 2. The van der Waals surface area contributed by atoms with Crippen molar-refractivity contribution in [3.05, 3.63) is 23.0 Å². The molecule has 0 aliphatic rings. The van der Waals surface area contributed by atoms with Crippen LogP contribution < -0.4 is 15.2 Å². The minimum Gasteiger partial charge on any atom is -0.479 e. The molecule has 0 fully saturated rings. The molecule has 0 heterocycles. The highest BCUT2D eigenvalue weighted by Crippen LogP contribution is 2.31. The van der Waals surface area contributed by atoms with Crippen LogP contribution in [0.3, 0.4) is 0 Å². The lowest BCUT2D eigenvalue weighted by Gasteiger charge is -2.08. The number of hydrogen-bond acceptors (Lipinski definition) is 4. The third-order valence-corrected chi connectivity index (χ3v) is 2.00. The predicted octanol–water partition coefficient (Wildman–Crippen LogP) is 0.882. The number of amides is 1. The van der Waals surface area contributed by atoms with Crippen molar-refractivity contribution in [3.63, 3.8) is 0 Å². The van der Waals surface area contributed by atoms with Gasteiger partial charge in [0.1, 0.15) is 12.4 Å². The topological polar surface area (TPSA) is 78.6 Å². The zero-order valence-electron chi connectivity index (χ0n) is 8.91. The standard InChI is InChI=1S/C11H7ClFNO4/c1-2-3-17-8-5-9(7(13)4-6(8)12)18-11(16)10(14)15/h1,4-5H,3H2,(H2,14,15). The summed E-state index contributed by atoms with van der Waals surface area (Å²) in [5, 5.41) is -0.0541. The molecule has 0 unspecified atom stereocenters. The maximum atomic E-state index is 13.4. The first-order valence-corrected chi connectivity index (χ1v) is 4.90.